The van der Waals surface area contributed by atoms with Crippen LogP contribution in [-0.2, 0) is 9.53 Å². The minimum absolute atomic E-state index is 0.0523. The first kappa shape index (κ1) is 15.4. The highest BCUT2D eigenvalue weighted by atomic mass is 16.5. The van der Waals surface area contributed by atoms with E-state index in [1.54, 1.807) is 0 Å². The van der Waals surface area contributed by atoms with E-state index in [4.69, 9.17) is 10.5 Å². The zero-order chi connectivity index (χ0) is 13.7. The predicted octanol–water partition coefficient (Wildman–Crippen LogP) is 0.195. The number of carbonyl (C=O) groups is 1. The quantitative estimate of drug-likeness (QED) is 0.738. The van der Waals surface area contributed by atoms with Gasteiger partial charge in [0.25, 0.3) is 0 Å². The smallest absolute Gasteiger partial charge is 0.234 e. The molecule has 0 aromatic rings. The molecule has 3 atom stereocenters. The van der Waals surface area contributed by atoms with Gasteiger partial charge in [0.05, 0.1) is 19.3 Å². The van der Waals surface area contributed by atoms with E-state index in [0.717, 1.165) is 6.54 Å². The second-order valence-electron chi connectivity index (χ2n) is 5.57. The van der Waals surface area contributed by atoms with Crippen molar-refractivity contribution in [3.8, 4) is 0 Å². The molecule has 106 valence electrons. The fourth-order valence-corrected chi connectivity index (χ4v) is 1.89. The summed E-state index contributed by atoms with van der Waals surface area (Å²) in [5.41, 5.74) is 5.61. The molecule has 0 aromatic heterocycles. The number of hydrogen-bond acceptors (Lipinski definition) is 4. The number of carbonyl (C=O) groups excluding carboxylic acids is 1. The summed E-state index contributed by atoms with van der Waals surface area (Å²) < 4.78 is 5.57. The summed E-state index contributed by atoms with van der Waals surface area (Å²) in [7, 11) is 0. The van der Waals surface area contributed by atoms with Crippen LogP contribution in [0.2, 0.25) is 0 Å². The van der Waals surface area contributed by atoms with Gasteiger partial charge in [-0.3, -0.25) is 9.69 Å². The van der Waals surface area contributed by atoms with Gasteiger partial charge in [0, 0.05) is 25.2 Å². The Morgan fingerprint density at radius 3 is 2.72 bits per heavy atom. The molecule has 5 heteroatoms. The summed E-state index contributed by atoms with van der Waals surface area (Å²) >= 11 is 0. The van der Waals surface area contributed by atoms with Crippen LogP contribution in [0.4, 0.5) is 0 Å². The van der Waals surface area contributed by atoms with E-state index in [2.05, 4.69) is 31.0 Å². The molecule has 1 aliphatic heterocycles. The summed E-state index contributed by atoms with van der Waals surface area (Å²) in [6, 6.07) is 0.479. The highest BCUT2D eigenvalue weighted by Gasteiger charge is 2.27. The Morgan fingerprint density at radius 2 is 2.17 bits per heavy atom. The zero-order valence-corrected chi connectivity index (χ0v) is 12.0. The summed E-state index contributed by atoms with van der Waals surface area (Å²) in [6.07, 6.45) is 0.0523. The molecular weight excluding hydrogens is 230 g/mol. The Labute approximate surface area is 110 Å². The molecule has 0 saturated carbocycles. The van der Waals surface area contributed by atoms with Gasteiger partial charge in [-0.25, -0.2) is 0 Å². The highest BCUT2D eigenvalue weighted by molar-refractivity contribution is 5.78. The van der Waals surface area contributed by atoms with Crippen LogP contribution in [0, 0.1) is 5.92 Å². The lowest BCUT2D eigenvalue weighted by Crippen LogP contribution is -2.54. The molecule has 3 unspecified atom stereocenters. The van der Waals surface area contributed by atoms with Gasteiger partial charge < -0.3 is 15.8 Å². The molecule has 1 amide bonds. The number of ether oxygens (including phenoxy) is 1. The maximum atomic E-state index is 11.9. The van der Waals surface area contributed by atoms with Crippen LogP contribution in [0.5, 0.6) is 0 Å². The first-order valence-corrected chi connectivity index (χ1v) is 6.79. The maximum Gasteiger partial charge on any atom is 0.234 e. The predicted molar refractivity (Wildman–Crippen MR) is 72.3 cm³/mol. The number of morpholine rings is 1. The molecule has 0 aromatic carbocycles. The molecule has 1 saturated heterocycles. The Kier molecular flexibility index (Phi) is 6.05. The van der Waals surface area contributed by atoms with Gasteiger partial charge in [-0.15, -0.1) is 0 Å². The van der Waals surface area contributed by atoms with Crippen LogP contribution in [0.3, 0.4) is 0 Å². The second kappa shape index (κ2) is 7.07. The summed E-state index contributed by atoms with van der Waals surface area (Å²) in [5.74, 6) is 0.536. The molecule has 1 aliphatic rings. The molecular formula is C13H27N3O2. The fourth-order valence-electron chi connectivity index (χ4n) is 1.89. The van der Waals surface area contributed by atoms with Crippen molar-refractivity contribution in [2.75, 3.05) is 26.2 Å². The van der Waals surface area contributed by atoms with E-state index in [1.165, 1.54) is 0 Å². The van der Waals surface area contributed by atoms with E-state index in [0.29, 0.717) is 25.6 Å². The number of amides is 1. The van der Waals surface area contributed by atoms with Crippen LogP contribution in [0.1, 0.15) is 27.7 Å². The van der Waals surface area contributed by atoms with Crippen molar-refractivity contribution >= 4 is 5.91 Å². The third kappa shape index (κ3) is 4.55. The van der Waals surface area contributed by atoms with Gasteiger partial charge in [-0.2, -0.15) is 0 Å². The van der Waals surface area contributed by atoms with Crippen molar-refractivity contribution in [3.05, 3.63) is 0 Å². The van der Waals surface area contributed by atoms with Crippen molar-refractivity contribution in [2.45, 2.75) is 45.9 Å². The lowest BCUT2D eigenvalue weighted by Gasteiger charge is -2.37. The summed E-state index contributed by atoms with van der Waals surface area (Å²) in [4.78, 5) is 14.1. The van der Waals surface area contributed by atoms with Crippen LogP contribution in [-0.4, -0.2) is 55.2 Å². The van der Waals surface area contributed by atoms with E-state index in [1.807, 2.05) is 6.92 Å². The van der Waals surface area contributed by atoms with Gasteiger partial charge in [0.15, 0.2) is 0 Å². The third-order valence-corrected chi connectivity index (χ3v) is 3.63. The lowest BCUT2D eigenvalue weighted by molar-refractivity contribution is -0.127. The van der Waals surface area contributed by atoms with Crippen molar-refractivity contribution in [1.82, 2.24) is 10.2 Å². The number of nitrogens with zero attached hydrogens (tertiary/aromatic N) is 1. The van der Waals surface area contributed by atoms with E-state index in [9.17, 15) is 4.79 Å². The standard InChI is InChI=1S/C13H27N3O2/c1-9(2)11(4)15-13(17)7-16-6-12(5-14)18-8-10(16)3/h9-12H,5-8,14H2,1-4H3,(H,15,17). The SMILES string of the molecule is CC(C)C(C)NC(=O)CN1CC(CN)OCC1C. The average Bonchev–Trinajstić information content (AvgIpc) is 2.31. The Hall–Kier alpha value is -0.650. The first-order valence-electron chi connectivity index (χ1n) is 6.79. The van der Waals surface area contributed by atoms with Gasteiger partial charge in [-0.1, -0.05) is 13.8 Å². The molecule has 1 rings (SSSR count). The lowest BCUT2D eigenvalue weighted by atomic mass is 10.1. The van der Waals surface area contributed by atoms with E-state index >= 15 is 0 Å². The fraction of sp³-hybridized carbons (Fsp3) is 0.923. The van der Waals surface area contributed by atoms with Gasteiger partial charge >= 0.3 is 0 Å². The number of hydrogen-bond donors (Lipinski definition) is 2. The minimum atomic E-state index is 0.0523. The highest BCUT2D eigenvalue weighted by Crippen LogP contribution is 2.10. The molecule has 0 bridgehead atoms. The molecule has 0 spiro atoms. The Bertz CT molecular complexity index is 271. The number of rotatable bonds is 5. The molecule has 18 heavy (non-hydrogen) atoms. The minimum Gasteiger partial charge on any atom is -0.374 e. The number of nitrogens with two attached hydrogens (primary N) is 1. The third-order valence-electron chi connectivity index (χ3n) is 3.63. The van der Waals surface area contributed by atoms with Gasteiger partial charge in [-0.05, 0) is 19.8 Å². The second-order valence-corrected chi connectivity index (χ2v) is 5.57. The summed E-state index contributed by atoms with van der Waals surface area (Å²) in [5, 5.41) is 3.03. The molecule has 5 nitrogen and oxygen atoms in total. The first-order chi connectivity index (χ1) is 8.43. The van der Waals surface area contributed by atoms with E-state index < -0.39 is 0 Å². The van der Waals surface area contributed by atoms with Crippen molar-refractivity contribution in [3.63, 3.8) is 0 Å². The van der Waals surface area contributed by atoms with Crippen molar-refractivity contribution in [1.29, 1.82) is 0 Å². The van der Waals surface area contributed by atoms with Crippen molar-refractivity contribution in [2.24, 2.45) is 11.7 Å². The van der Waals surface area contributed by atoms with Crippen LogP contribution < -0.4 is 11.1 Å². The molecule has 3 N–H and O–H groups in total. The van der Waals surface area contributed by atoms with Crippen LogP contribution in [0.25, 0.3) is 0 Å². The summed E-state index contributed by atoms with van der Waals surface area (Å²) in [6.45, 7) is 10.6. The Morgan fingerprint density at radius 1 is 1.50 bits per heavy atom. The van der Waals surface area contributed by atoms with Gasteiger partial charge in [0.1, 0.15) is 0 Å². The number of nitrogens with one attached hydrogen (secondary N) is 1. The maximum absolute atomic E-state index is 11.9. The zero-order valence-electron chi connectivity index (χ0n) is 12.0. The van der Waals surface area contributed by atoms with E-state index in [-0.39, 0.29) is 24.1 Å². The van der Waals surface area contributed by atoms with Crippen LogP contribution in [0.15, 0.2) is 0 Å². The average molecular weight is 257 g/mol. The molecule has 0 radical (unpaired) electrons. The largest absolute Gasteiger partial charge is 0.374 e. The molecule has 1 fully saturated rings. The molecule has 0 aliphatic carbocycles. The van der Waals surface area contributed by atoms with Crippen LogP contribution >= 0.6 is 0 Å². The topological polar surface area (TPSA) is 67.6 Å². The normalized spacial score (nSPS) is 27.2. The van der Waals surface area contributed by atoms with Crippen molar-refractivity contribution < 1.29 is 9.53 Å². The monoisotopic (exact) mass is 257 g/mol. The molecule has 1 heterocycles. The van der Waals surface area contributed by atoms with Gasteiger partial charge in [0.2, 0.25) is 5.91 Å². The Balaban J connectivity index is 2.42.